The van der Waals surface area contributed by atoms with E-state index in [-0.39, 0.29) is 17.2 Å². The third-order valence-electron chi connectivity index (χ3n) is 2.35. The molecule has 0 aromatic carbocycles. The van der Waals surface area contributed by atoms with Gasteiger partial charge in [-0.2, -0.15) is 0 Å². The van der Waals surface area contributed by atoms with Gasteiger partial charge in [0.15, 0.2) is 0 Å². The van der Waals surface area contributed by atoms with Gasteiger partial charge in [0.25, 0.3) is 5.91 Å². The van der Waals surface area contributed by atoms with Crippen molar-refractivity contribution in [3.05, 3.63) is 58.4 Å². The smallest absolute Gasteiger partial charge is 0.270 e. The maximum absolute atomic E-state index is 11.9. The molecule has 0 radical (unpaired) electrons. The van der Waals surface area contributed by atoms with Gasteiger partial charge in [0.05, 0.1) is 12.5 Å². The first-order valence-electron chi connectivity index (χ1n) is 5.12. The van der Waals surface area contributed by atoms with Gasteiger partial charge in [0.1, 0.15) is 5.69 Å². The van der Waals surface area contributed by atoms with Crippen LogP contribution in [0.25, 0.3) is 0 Å². The van der Waals surface area contributed by atoms with Crippen molar-refractivity contribution >= 4 is 5.91 Å². The second-order valence-corrected chi connectivity index (χ2v) is 3.72. The van der Waals surface area contributed by atoms with Gasteiger partial charge in [-0.1, -0.05) is 6.07 Å². The molecule has 5 nitrogen and oxygen atoms in total. The quantitative estimate of drug-likeness (QED) is 0.865. The van der Waals surface area contributed by atoms with E-state index in [1.165, 1.54) is 11.0 Å². The second-order valence-electron chi connectivity index (χ2n) is 3.72. The number of carbonyl (C=O) groups is 1. The molecule has 0 saturated heterocycles. The third-order valence-corrected chi connectivity index (χ3v) is 2.35. The number of nitrogens with zero attached hydrogens (tertiary/aromatic N) is 1. The zero-order valence-corrected chi connectivity index (χ0v) is 9.34. The number of nitrogens with one attached hydrogen (secondary N) is 1. The Morgan fingerprint density at radius 3 is 2.88 bits per heavy atom. The van der Waals surface area contributed by atoms with E-state index < -0.39 is 0 Å². The maximum atomic E-state index is 11.9. The second kappa shape index (κ2) is 4.69. The van der Waals surface area contributed by atoms with Crippen LogP contribution in [0.2, 0.25) is 0 Å². The molecule has 0 fully saturated rings. The molecule has 0 aliphatic carbocycles. The van der Waals surface area contributed by atoms with E-state index >= 15 is 0 Å². The zero-order valence-electron chi connectivity index (χ0n) is 9.34. The fraction of sp³-hybridized carbons (Fsp3) is 0.167. The lowest BCUT2D eigenvalue weighted by atomic mass is 10.3. The van der Waals surface area contributed by atoms with E-state index in [9.17, 15) is 9.59 Å². The molecule has 2 rings (SSSR count). The van der Waals surface area contributed by atoms with Gasteiger partial charge in [-0.25, -0.2) is 0 Å². The van der Waals surface area contributed by atoms with E-state index in [2.05, 4.69) is 4.98 Å². The largest absolute Gasteiger partial charge is 0.472 e. The monoisotopic (exact) mass is 232 g/mol. The molecule has 0 spiro atoms. The lowest BCUT2D eigenvalue weighted by Gasteiger charge is -2.15. The van der Waals surface area contributed by atoms with Crippen LogP contribution in [-0.2, 0) is 6.54 Å². The third kappa shape index (κ3) is 2.63. The van der Waals surface area contributed by atoms with Crippen LogP contribution in [0.3, 0.4) is 0 Å². The number of rotatable bonds is 3. The standard InChI is InChI=1S/C12H12N2O3/c1-14(7-9-5-6-17-8-9)12(16)10-3-2-4-11(15)13-10/h2-6,8H,7H2,1H3,(H,13,15). The van der Waals surface area contributed by atoms with Crippen LogP contribution in [-0.4, -0.2) is 22.8 Å². The maximum Gasteiger partial charge on any atom is 0.270 e. The number of hydrogen-bond acceptors (Lipinski definition) is 3. The highest BCUT2D eigenvalue weighted by Crippen LogP contribution is 2.06. The van der Waals surface area contributed by atoms with E-state index in [4.69, 9.17) is 4.42 Å². The minimum Gasteiger partial charge on any atom is -0.472 e. The molecular formula is C12H12N2O3. The number of hydrogen-bond donors (Lipinski definition) is 1. The first kappa shape index (κ1) is 11.2. The fourth-order valence-electron chi connectivity index (χ4n) is 1.51. The van der Waals surface area contributed by atoms with Gasteiger partial charge in [-0.3, -0.25) is 9.59 Å². The molecular weight excluding hydrogens is 220 g/mol. The predicted molar refractivity (Wildman–Crippen MR) is 61.6 cm³/mol. The summed E-state index contributed by atoms with van der Waals surface area (Å²) < 4.78 is 4.92. The summed E-state index contributed by atoms with van der Waals surface area (Å²) in [4.78, 5) is 27.0. The lowest BCUT2D eigenvalue weighted by molar-refractivity contribution is 0.0779. The summed E-state index contributed by atoms with van der Waals surface area (Å²) in [5.41, 5.74) is 0.898. The number of amides is 1. The normalized spacial score (nSPS) is 10.2. The molecule has 1 amide bonds. The van der Waals surface area contributed by atoms with Gasteiger partial charge < -0.3 is 14.3 Å². The van der Waals surface area contributed by atoms with Crippen molar-refractivity contribution < 1.29 is 9.21 Å². The first-order valence-corrected chi connectivity index (χ1v) is 5.12. The molecule has 2 heterocycles. The van der Waals surface area contributed by atoms with Gasteiger partial charge in [0, 0.05) is 25.2 Å². The van der Waals surface area contributed by atoms with Crippen molar-refractivity contribution in [3.8, 4) is 0 Å². The van der Waals surface area contributed by atoms with Crippen molar-refractivity contribution in [2.24, 2.45) is 0 Å². The Hall–Kier alpha value is -2.30. The van der Waals surface area contributed by atoms with E-state index in [1.54, 1.807) is 37.8 Å². The summed E-state index contributed by atoms with van der Waals surface area (Å²) in [6.45, 7) is 0.437. The molecule has 2 aromatic heterocycles. The number of pyridine rings is 1. The zero-order chi connectivity index (χ0) is 12.3. The Kier molecular flexibility index (Phi) is 3.09. The molecule has 0 aliphatic heterocycles. The Bertz CT molecular complexity index is 557. The van der Waals surface area contributed by atoms with Gasteiger partial charge in [0.2, 0.25) is 5.56 Å². The van der Waals surface area contributed by atoms with Crippen LogP contribution in [0.1, 0.15) is 16.1 Å². The summed E-state index contributed by atoms with van der Waals surface area (Å²) in [5.74, 6) is -0.232. The van der Waals surface area contributed by atoms with Crippen LogP contribution >= 0.6 is 0 Å². The summed E-state index contributed by atoms with van der Waals surface area (Å²) in [6.07, 6.45) is 3.13. The molecule has 2 aromatic rings. The summed E-state index contributed by atoms with van der Waals surface area (Å²) >= 11 is 0. The highest BCUT2D eigenvalue weighted by molar-refractivity contribution is 5.91. The van der Waals surface area contributed by atoms with Gasteiger partial charge in [-0.05, 0) is 12.1 Å². The highest BCUT2D eigenvalue weighted by Gasteiger charge is 2.12. The minimum atomic E-state index is -0.285. The number of aromatic nitrogens is 1. The molecule has 0 atom stereocenters. The number of H-pyrrole nitrogens is 1. The van der Waals surface area contributed by atoms with Crippen LogP contribution in [0.15, 0.2) is 46.0 Å². The molecule has 0 saturated carbocycles. The molecule has 88 valence electrons. The fourth-order valence-corrected chi connectivity index (χ4v) is 1.51. The summed E-state index contributed by atoms with van der Waals surface area (Å²) in [5, 5.41) is 0. The van der Waals surface area contributed by atoms with Crippen LogP contribution < -0.4 is 5.56 Å². The number of furan rings is 1. The topological polar surface area (TPSA) is 66.3 Å². The van der Waals surface area contributed by atoms with E-state index in [0.717, 1.165) is 5.56 Å². The lowest BCUT2D eigenvalue weighted by Crippen LogP contribution is -2.28. The Morgan fingerprint density at radius 2 is 2.24 bits per heavy atom. The number of aromatic amines is 1. The Morgan fingerprint density at radius 1 is 1.41 bits per heavy atom. The molecule has 0 unspecified atom stereocenters. The van der Waals surface area contributed by atoms with Gasteiger partial charge in [-0.15, -0.1) is 0 Å². The summed E-state index contributed by atoms with van der Waals surface area (Å²) in [7, 11) is 1.67. The predicted octanol–water partition coefficient (Wildman–Crippen LogP) is 1.24. The molecule has 0 bridgehead atoms. The van der Waals surface area contributed by atoms with Crippen molar-refractivity contribution in [2.45, 2.75) is 6.54 Å². The summed E-state index contributed by atoms with van der Waals surface area (Å²) in [6, 6.07) is 6.29. The van der Waals surface area contributed by atoms with Crippen LogP contribution in [0.5, 0.6) is 0 Å². The average Bonchev–Trinajstić information content (AvgIpc) is 2.80. The van der Waals surface area contributed by atoms with Gasteiger partial charge >= 0.3 is 0 Å². The molecule has 5 heteroatoms. The van der Waals surface area contributed by atoms with Crippen molar-refractivity contribution in [1.29, 1.82) is 0 Å². The number of carbonyl (C=O) groups excluding carboxylic acids is 1. The van der Waals surface area contributed by atoms with Crippen LogP contribution in [0, 0.1) is 0 Å². The SMILES string of the molecule is CN(Cc1ccoc1)C(=O)c1cccc(=O)[nH]1. The molecule has 1 N–H and O–H groups in total. The highest BCUT2D eigenvalue weighted by atomic mass is 16.3. The van der Waals surface area contributed by atoms with Crippen molar-refractivity contribution in [1.82, 2.24) is 9.88 Å². The van der Waals surface area contributed by atoms with E-state index in [0.29, 0.717) is 6.54 Å². The molecule has 17 heavy (non-hydrogen) atoms. The Labute approximate surface area is 97.7 Å². The Balaban J connectivity index is 2.12. The van der Waals surface area contributed by atoms with Crippen molar-refractivity contribution in [3.63, 3.8) is 0 Å². The average molecular weight is 232 g/mol. The van der Waals surface area contributed by atoms with E-state index in [1.807, 2.05) is 0 Å². The minimum absolute atomic E-state index is 0.232. The van der Waals surface area contributed by atoms with Crippen LogP contribution in [0.4, 0.5) is 0 Å². The van der Waals surface area contributed by atoms with Crippen molar-refractivity contribution in [2.75, 3.05) is 7.05 Å². The first-order chi connectivity index (χ1) is 8.16. The molecule has 0 aliphatic rings.